The first-order chi connectivity index (χ1) is 10.7. The standard InChI is InChI=1S/C18H20O4/c1-3-22-17(19)12-15(13-8-5-4-6-9-13)14-10-7-11-16(21-2)18(14)20/h4-11,15,20H,3,12H2,1-2H3. The third-order valence-electron chi connectivity index (χ3n) is 3.50. The Bertz CT molecular complexity index is 622. The van der Waals surface area contributed by atoms with Crippen LogP contribution < -0.4 is 4.74 Å². The molecule has 1 N–H and O–H groups in total. The number of phenols is 1. The molecule has 0 spiro atoms. The highest BCUT2D eigenvalue weighted by molar-refractivity contribution is 5.72. The molecular weight excluding hydrogens is 280 g/mol. The van der Waals surface area contributed by atoms with Crippen LogP contribution in [0.2, 0.25) is 0 Å². The van der Waals surface area contributed by atoms with Gasteiger partial charge < -0.3 is 14.6 Å². The van der Waals surface area contributed by atoms with Crippen LogP contribution in [0, 0.1) is 0 Å². The maximum absolute atomic E-state index is 11.9. The van der Waals surface area contributed by atoms with E-state index in [1.807, 2.05) is 30.3 Å². The second kappa shape index (κ2) is 7.50. The van der Waals surface area contributed by atoms with Crippen LogP contribution in [0.3, 0.4) is 0 Å². The molecule has 1 atom stereocenters. The van der Waals surface area contributed by atoms with E-state index in [-0.39, 0.29) is 24.1 Å². The summed E-state index contributed by atoms with van der Waals surface area (Å²) in [6.45, 7) is 2.11. The van der Waals surface area contributed by atoms with E-state index in [4.69, 9.17) is 9.47 Å². The fourth-order valence-corrected chi connectivity index (χ4v) is 2.46. The molecule has 2 aromatic rings. The first-order valence-electron chi connectivity index (χ1n) is 7.23. The van der Waals surface area contributed by atoms with Gasteiger partial charge in [-0.2, -0.15) is 0 Å². The van der Waals surface area contributed by atoms with E-state index >= 15 is 0 Å². The molecule has 0 radical (unpaired) electrons. The zero-order chi connectivity index (χ0) is 15.9. The van der Waals surface area contributed by atoms with E-state index in [2.05, 4.69) is 0 Å². The van der Waals surface area contributed by atoms with Gasteiger partial charge in [0.2, 0.25) is 0 Å². The number of carbonyl (C=O) groups excluding carboxylic acids is 1. The Morgan fingerprint density at radius 2 is 1.86 bits per heavy atom. The Kier molecular flexibility index (Phi) is 5.42. The summed E-state index contributed by atoms with van der Waals surface area (Å²) >= 11 is 0. The van der Waals surface area contributed by atoms with Gasteiger partial charge in [-0.1, -0.05) is 42.5 Å². The lowest BCUT2D eigenvalue weighted by atomic mass is 9.88. The first kappa shape index (κ1) is 15.9. The van der Waals surface area contributed by atoms with E-state index < -0.39 is 0 Å². The lowest BCUT2D eigenvalue weighted by Gasteiger charge is -2.19. The van der Waals surface area contributed by atoms with Gasteiger partial charge in [-0.3, -0.25) is 4.79 Å². The molecular formula is C18H20O4. The highest BCUT2D eigenvalue weighted by atomic mass is 16.5. The average Bonchev–Trinajstić information content (AvgIpc) is 2.54. The molecule has 0 heterocycles. The summed E-state index contributed by atoms with van der Waals surface area (Å²) in [5.41, 5.74) is 1.60. The first-order valence-corrected chi connectivity index (χ1v) is 7.23. The fraction of sp³-hybridized carbons (Fsp3) is 0.278. The smallest absolute Gasteiger partial charge is 0.306 e. The van der Waals surface area contributed by atoms with Crippen molar-refractivity contribution in [1.82, 2.24) is 0 Å². The summed E-state index contributed by atoms with van der Waals surface area (Å²) in [5.74, 6) is -0.126. The van der Waals surface area contributed by atoms with Gasteiger partial charge in [-0.25, -0.2) is 0 Å². The molecule has 22 heavy (non-hydrogen) atoms. The second-order valence-electron chi connectivity index (χ2n) is 4.87. The molecule has 4 heteroatoms. The summed E-state index contributed by atoms with van der Waals surface area (Å²) in [5, 5.41) is 10.4. The van der Waals surface area contributed by atoms with E-state index in [1.54, 1.807) is 25.1 Å². The molecule has 116 valence electrons. The summed E-state index contributed by atoms with van der Waals surface area (Å²) < 4.78 is 10.2. The van der Waals surface area contributed by atoms with Gasteiger partial charge in [0.05, 0.1) is 20.1 Å². The molecule has 2 aromatic carbocycles. The van der Waals surface area contributed by atoms with Crippen LogP contribution in [-0.4, -0.2) is 24.8 Å². The monoisotopic (exact) mass is 300 g/mol. The number of aromatic hydroxyl groups is 1. The normalized spacial score (nSPS) is 11.7. The molecule has 0 saturated carbocycles. The number of ether oxygens (including phenoxy) is 2. The van der Waals surface area contributed by atoms with Crippen molar-refractivity contribution in [1.29, 1.82) is 0 Å². The quantitative estimate of drug-likeness (QED) is 0.830. The van der Waals surface area contributed by atoms with E-state index in [9.17, 15) is 9.90 Å². The van der Waals surface area contributed by atoms with Gasteiger partial charge >= 0.3 is 5.97 Å². The molecule has 0 aliphatic rings. The summed E-state index contributed by atoms with van der Waals surface area (Å²) in [4.78, 5) is 11.9. The van der Waals surface area contributed by atoms with Crippen molar-refractivity contribution in [2.75, 3.05) is 13.7 Å². The largest absolute Gasteiger partial charge is 0.504 e. The Morgan fingerprint density at radius 3 is 2.50 bits per heavy atom. The molecule has 1 unspecified atom stereocenters. The van der Waals surface area contributed by atoms with Crippen molar-refractivity contribution in [2.45, 2.75) is 19.3 Å². The lowest BCUT2D eigenvalue weighted by molar-refractivity contribution is -0.143. The van der Waals surface area contributed by atoms with Crippen molar-refractivity contribution in [3.63, 3.8) is 0 Å². The Hall–Kier alpha value is -2.49. The average molecular weight is 300 g/mol. The van der Waals surface area contributed by atoms with Crippen LogP contribution in [-0.2, 0) is 9.53 Å². The van der Waals surface area contributed by atoms with Gasteiger partial charge in [-0.05, 0) is 18.6 Å². The number of hydrogen-bond donors (Lipinski definition) is 1. The van der Waals surface area contributed by atoms with Crippen molar-refractivity contribution in [3.05, 3.63) is 59.7 Å². The number of rotatable bonds is 6. The minimum Gasteiger partial charge on any atom is -0.504 e. The second-order valence-corrected chi connectivity index (χ2v) is 4.87. The molecule has 0 aliphatic carbocycles. The number of phenolic OH excluding ortho intramolecular Hbond substituents is 1. The van der Waals surface area contributed by atoms with Crippen LogP contribution in [0.4, 0.5) is 0 Å². The Balaban J connectivity index is 2.42. The minimum atomic E-state index is -0.293. The Morgan fingerprint density at radius 1 is 1.14 bits per heavy atom. The number of hydrogen-bond acceptors (Lipinski definition) is 4. The molecule has 0 bridgehead atoms. The highest BCUT2D eigenvalue weighted by Crippen LogP contribution is 2.39. The van der Waals surface area contributed by atoms with Gasteiger partial charge in [-0.15, -0.1) is 0 Å². The molecule has 0 saturated heterocycles. The zero-order valence-electron chi connectivity index (χ0n) is 12.8. The number of methoxy groups -OCH3 is 1. The number of para-hydroxylation sites is 1. The number of carbonyl (C=O) groups is 1. The lowest BCUT2D eigenvalue weighted by Crippen LogP contribution is -2.12. The van der Waals surface area contributed by atoms with Crippen molar-refractivity contribution in [2.24, 2.45) is 0 Å². The summed E-state index contributed by atoms with van der Waals surface area (Å²) in [7, 11) is 1.50. The van der Waals surface area contributed by atoms with E-state index in [0.29, 0.717) is 17.9 Å². The van der Waals surface area contributed by atoms with Crippen LogP contribution in [0.25, 0.3) is 0 Å². The van der Waals surface area contributed by atoms with Crippen LogP contribution in [0.5, 0.6) is 11.5 Å². The molecule has 0 amide bonds. The predicted octanol–water partition coefficient (Wildman–Crippen LogP) is 3.49. The van der Waals surface area contributed by atoms with E-state index in [1.165, 1.54) is 7.11 Å². The summed E-state index contributed by atoms with van der Waals surface area (Å²) in [6, 6.07) is 14.9. The van der Waals surface area contributed by atoms with E-state index in [0.717, 1.165) is 5.56 Å². The molecule has 4 nitrogen and oxygen atoms in total. The van der Waals surface area contributed by atoms with Crippen LogP contribution in [0.1, 0.15) is 30.4 Å². The van der Waals surface area contributed by atoms with Gasteiger partial charge in [0.1, 0.15) is 0 Å². The number of benzene rings is 2. The predicted molar refractivity (Wildman–Crippen MR) is 84.2 cm³/mol. The number of esters is 1. The van der Waals surface area contributed by atoms with Crippen LogP contribution >= 0.6 is 0 Å². The minimum absolute atomic E-state index is 0.0585. The van der Waals surface area contributed by atoms with Gasteiger partial charge in [0.15, 0.2) is 11.5 Å². The van der Waals surface area contributed by atoms with Crippen LogP contribution in [0.15, 0.2) is 48.5 Å². The molecule has 0 fully saturated rings. The van der Waals surface area contributed by atoms with Crippen molar-refractivity contribution < 1.29 is 19.4 Å². The van der Waals surface area contributed by atoms with Gasteiger partial charge in [0, 0.05) is 11.5 Å². The highest BCUT2D eigenvalue weighted by Gasteiger charge is 2.23. The van der Waals surface area contributed by atoms with Crippen molar-refractivity contribution >= 4 is 5.97 Å². The maximum Gasteiger partial charge on any atom is 0.306 e. The maximum atomic E-state index is 11.9. The molecule has 0 aromatic heterocycles. The molecule has 2 rings (SSSR count). The topological polar surface area (TPSA) is 55.8 Å². The third kappa shape index (κ3) is 3.58. The van der Waals surface area contributed by atoms with Crippen molar-refractivity contribution in [3.8, 4) is 11.5 Å². The molecule has 0 aliphatic heterocycles. The summed E-state index contributed by atoms with van der Waals surface area (Å²) in [6.07, 6.45) is 0.165. The SMILES string of the molecule is CCOC(=O)CC(c1ccccc1)c1cccc(OC)c1O. The fourth-order valence-electron chi connectivity index (χ4n) is 2.46. The third-order valence-corrected chi connectivity index (χ3v) is 3.50. The van der Waals surface area contributed by atoms with Gasteiger partial charge in [0.25, 0.3) is 0 Å². The zero-order valence-corrected chi connectivity index (χ0v) is 12.8. The Labute approximate surface area is 130 Å².